The number of rotatable bonds is 2. The molecule has 0 fully saturated rings. The molecular formula is C12H10N2O4. The van der Waals surface area contributed by atoms with Gasteiger partial charge in [0, 0.05) is 6.20 Å². The standard InChI is InChI=1S/C12H10N2O4/c1-7-4-2-3-5-9(7)14-10(15)8(11(16)17)6-13-12(14)18/h2-6H,1H3,(H,13,18)(H,16,17). The molecule has 92 valence electrons. The number of nitrogens with one attached hydrogen (secondary N) is 1. The van der Waals surface area contributed by atoms with Crippen molar-refractivity contribution in [3.63, 3.8) is 0 Å². The summed E-state index contributed by atoms with van der Waals surface area (Å²) in [7, 11) is 0. The van der Waals surface area contributed by atoms with E-state index in [2.05, 4.69) is 4.98 Å². The predicted octanol–water partition coefficient (Wildman–Crippen LogP) is 0.532. The van der Waals surface area contributed by atoms with Crippen LogP contribution in [0.5, 0.6) is 0 Å². The normalized spacial score (nSPS) is 10.3. The minimum atomic E-state index is -1.38. The zero-order chi connectivity index (χ0) is 13.3. The maximum absolute atomic E-state index is 11.9. The van der Waals surface area contributed by atoms with Crippen molar-refractivity contribution in [1.82, 2.24) is 9.55 Å². The molecule has 2 aromatic rings. The van der Waals surface area contributed by atoms with E-state index in [9.17, 15) is 14.4 Å². The van der Waals surface area contributed by atoms with Gasteiger partial charge in [0.05, 0.1) is 5.69 Å². The molecule has 0 aliphatic carbocycles. The number of aromatic nitrogens is 2. The number of H-pyrrole nitrogens is 1. The maximum atomic E-state index is 11.9. The Bertz CT molecular complexity index is 727. The van der Waals surface area contributed by atoms with Gasteiger partial charge in [-0.1, -0.05) is 18.2 Å². The first-order valence-electron chi connectivity index (χ1n) is 5.16. The lowest BCUT2D eigenvalue weighted by Crippen LogP contribution is -2.37. The fourth-order valence-electron chi connectivity index (χ4n) is 1.66. The molecule has 0 atom stereocenters. The van der Waals surface area contributed by atoms with Crippen molar-refractivity contribution in [2.75, 3.05) is 0 Å². The van der Waals surface area contributed by atoms with Crippen LogP contribution in [0.15, 0.2) is 40.1 Å². The van der Waals surface area contributed by atoms with Crippen molar-refractivity contribution < 1.29 is 9.90 Å². The van der Waals surface area contributed by atoms with E-state index in [-0.39, 0.29) is 0 Å². The largest absolute Gasteiger partial charge is 0.477 e. The van der Waals surface area contributed by atoms with Crippen LogP contribution >= 0.6 is 0 Å². The van der Waals surface area contributed by atoms with Gasteiger partial charge in [-0.2, -0.15) is 0 Å². The number of hydrogen-bond acceptors (Lipinski definition) is 3. The van der Waals surface area contributed by atoms with E-state index >= 15 is 0 Å². The van der Waals surface area contributed by atoms with E-state index in [1.165, 1.54) is 0 Å². The highest BCUT2D eigenvalue weighted by Crippen LogP contribution is 2.08. The van der Waals surface area contributed by atoms with Crippen molar-refractivity contribution in [2.45, 2.75) is 6.92 Å². The Hall–Kier alpha value is -2.63. The molecule has 1 heterocycles. The van der Waals surface area contributed by atoms with Gasteiger partial charge in [0.2, 0.25) is 0 Å². The van der Waals surface area contributed by atoms with Crippen LogP contribution in [0, 0.1) is 6.92 Å². The molecule has 1 aromatic carbocycles. The highest BCUT2D eigenvalue weighted by atomic mass is 16.4. The van der Waals surface area contributed by atoms with Gasteiger partial charge in [-0.25, -0.2) is 14.2 Å². The highest BCUT2D eigenvalue weighted by molar-refractivity contribution is 5.86. The van der Waals surface area contributed by atoms with Crippen LogP contribution in [-0.2, 0) is 0 Å². The van der Waals surface area contributed by atoms with Gasteiger partial charge < -0.3 is 10.1 Å². The van der Waals surface area contributed by atoms with E-state index in [4.69, 9.17) is 5.11 Å². The Kier molecular flexibility index (Phi) is 2.85. The van der Waals surface area contributed by atoms with Gasteiger partial charge in [0.1, 0.15) is 5.56 Å². The first-order chi connectivity index (χ1) is 8.52. The van der Waals surface area contributed by atoms with Gasteiger partial charge in [0.25, 0.3) is 5.56 Å². The minimum absolute atomic E-state index is 0.367. The predicted molar refractivity (Wildman–Crippen MR) is 64.4 cm³/mol. The average molecular weight is 246 g/mol. The molecule has 18 heavy (non-hydrogen) atoms. The smallest absolute Gasteiger partial charge is 0.342 e. The number of benzene rings is 1. The van der Waals surface area contributed by atoms with E-state index in [1.807, 2.05) is 0 Å². The first-order valence-corrected chi connectivity index (χ1v) is 5.16. The molecule has 0 radical (unpaired) electrons. The Morgan fingerprint density at radius 3 is 2.56 bits per heavy atom. The number of aromatic amines is 1. The first kappa shape index (κ1) is 11.8. The molecule has 0 amide bonds. The quantitative estimate of drug-likeness (QED) is 0.808. The van der Waals surface area contributed by atoms with E-state index in [0.717, 1.165) is 10.8 Å². The molecule has 6 nitrogen and oxygen atoms in total. The third-order valence-electron chi connectivity index (χ3n) is 2.56. The van der Waals surface area contributed by atoms with Crippen LogP contribution in [0.2, 0.25) is 0 Å². The molecule has 0 spiro atoms. The molecule has 0 aliphatic rings. The molecule has 2 N–H and O–H groups in total. The fraction of sp³-hybridized carbons (Fsp3) is 0.0833. The summed E-state index contributed by atoms with van der Waals surface area (Å²) in [6.07, 6.45) is 0.905. The monoisotopic (exact) mass is 246 g/mol. The molecular weight excluding hydrogens is 236 g/mol. The Balaban J connectivity index is 2.84. The van der Waals surface area contributed by atoms with Gasteiger partial charge in [0.15, 0.2) is 0 Å². The number of carbonyl (C=O) groups is 1. The number of para-hydroxylation sites is 1. The summed E-state index contributed by atoms with van der Waals surface area (Å²) in [5.41, 5.74) is -0.919. The van der Waals surface area contributed by atoms with Crippen LogP contribution in [0.3, 0.4) is 0 Å². The second-order valence-corrected chi connectivity index (χ2v) is 3.74. The summed E-state index contributed by atoms with van der Waals surface area (Å²) in [5, 5.41) is 8.86. The van der Waals surface area contributed by atoms with Gasteiger partial charge in [-0.3, -0.25) is 4.79 Å². The van der Waals surface area contributed by atoms with Crippen molar-refractivity contribution in [3.8, 4) is 5.69 Å². The lowest BCUT2D eigenvalue weighted by Gasteiger charge is -2.07. The third kappa shape index (κ3) is 1.84. The highest BCUT2D eigenvalue weighted by Gasteiger charge is 2.15. The lowest BCUT2D eigenvalue weighted by atomic mass is 10.2. The van der Waals surface area contributed by atoms with Crippen LogP contribution in [-0.4, -0.2) is 20.6 Å². The average Bonchev–Trinajstić information content (AvgIpc) is 2.31. The number of aromatic carboxylic acids is 1. The molecule has 0 saturated carbocycles. The molecule has 0 unspecified atom stereocenters. The summed E-state index contributed by atoms with van der Waals surface area (Å²) in [6, 6.07) is 6.74. The molecule has 0 aliphatic heterocycles. The summed E-state index contributed by atoms with van der Waals surface area (Å²) in [4.78, 5) is 36.7. The van der Waals surface area contributed by atoms with Crippen molar-refractivity contribution in [3.05, 3.63) is 62.4 Å². The van der Waals surface area contributed by atoms with Crippen LogP contribution in [0.1, 0.15) is 15.9 Å². The Labute approximate surface area is 101 Å². The molecule has 0 saturated heterocycles. The molecule has 1 aromatic heterocycles. The number of carboxylic acids is 1. The van der Waals surface area contributed by atoms with Gasteiger partial charge >= 0.3 is 11.7 Å². The number of aryl methyl sites for hydroxylation is 1. The van der Waals surface area contributed by atoms with Crippen molar-refractivity contribution in [1.29, 1.82) is 0 Å². The molecule has 0 bridgehead atoms. The SMILES string of the molecule is Cc1ccccc1-n1c(=O)[nH]cc(C(=O)O)c1=O. The molecule has 2 rings (SSSR count). The summed E-state index contributed by atoms with van der Waals surface area (Å²) in [6.45, 7) is 1.73. The maximum Gasteiger partial charge on any atom is 0.342 e. The van der Waals surface area contributed by atoms with Gasteiger partial charge in [-0.05, 0) is 18.6 Å². The summed E-state index contributed by atoms with van der Waals surface area (Å²) >= 11 is 0. The van der Waals surface area contributed by atoms with E-state index in [0.29, 0.717) is 11.3 Å². The summed E-state index contributed by atoms with van der Waals surface area (Å²) in [5.74, 6) is -1.38. The van der Waals surface area contributed by atoms with Crippen LogP contribution in [0.25, 0.3) is 5.69 Å². The Morgan fingerprint density at radius 1 is 1.28 bits per heavy atom. The lowest BCUT2D eigenvalue weighted by molar-refractivity contribution is 0.0694. The van der Waals surface area contributed by atoms with Crippen molar-refractivity contribution >= 4 is 5.97 Å². The number of carboxylic acid groups (broad SMARTS) is 1. The van der Waals surface area contributed by atoms with E-state index < -0.39 is 22.8 Å². The second kappa shape index (κ2) is 4.33. The van der Waals surface area contributed by atoms with Crippen LogP contribution < -0.4 is 11.2 Å². The van der Waals surface area contributed by atoms with Crippen LogP contribution in [0.4, 0.5) is 0 Å². The minimum Gasteiger partial charge on any atom is -0.477 e. The fourth-order valence-corrected chi connectivity index (χ4v) is 1.66. The van der Waals surface area contributed by atoms with Crippen molar-refractivity contribution in [2.24, 2.45) is 0 Å². The summed E-state index contributed by atoms with van der Waals surface area (Å²) < 4.78 is 0.818. The third-order valence-corrected chi connectivity index (χ3v) is 2.56. The Morgan fingerprint density at radius 2 is 1.94 bits per heavy atom. The number of hydrogen-bond donors (Lipinski definition) is 2. The zero-order valence-corrected chi connectivity index (χ0v) is 9.51. The second-order valence-electron chi connectivity index (χ2n) is 3.74. The van der Waals surface area contributed by atoms with E-state index in [1.54, 1.807) is 31.2 Å². The topological polar surface area (TPSA) is 92.2 Å². The zero-order valence-electron chi connectivity index (χ0n) is 9.51. The molecule has 6 heteroatoms. The van der Waals surface area contributed by atoms with Gasteiger partial charge in [-0.15, -0.1) is 0 Å². The number of nitrogens with zero attached hydrogens (tertiary/aromatic N) is 1.